The molecule has 2 aromatic heterocycles. The van der Waals surface area contributed by atoms with Crippen molar-refractivity contribution in [1.82, 2.24) is 24.3 Å². The number of nitrogen functional groups attached to an aromatic ring is 1. The van der Waals surface area contributed by atoms with Gasteiger partial charge in [-0.25, -0.2) is 9.97 Å². The molecular weight excluding hydrogens is 296 g/mol. The molecule has 0 atom stereocenters. The minimum atomic E-state index is 0.468. The summed E-state index contributed by atoms with van der Waals surface area (Å²) in [7, 11) is 1.84. The van der Waals surface area contributed by atoms with Crippen LogP contribution >= 0.6 is 15.9 Å². The highest BCUT2D eigenvalue weighted by molar-refractivity contribution is 9.10. The number of nitrogens with two attached hydrogens (primary N) is 1. The Labute approximate surface area is 112 Å². The van der Waals surface area contributed by atoms with Gasteiger partial charge in [0, 0.05) is 11.5 Å². The Morgan fingerprint density at radius 2 is 2.22 bits per heavy atom. The summed E-state index contributed by atoms with van der Waals surface area (Å²) in [4.78, 5) is 8.52. The van der Waals surface area contributed by atoms with Crippen LogP contribution in [0.25, 0.3) is 11.0 Å². The Hall–Kier alpha value is -1.89. The lowest BCUT2D eigenvalue weighted by Crippen LogP contribution is -2.06. The van der Waals surface area contributed by atoms with Crippen LogP contribution in [0.3, 0.4) is 0 Å². The van der Waals surface area contributed by atoms with E-state index < -0.39 is 0 Å². The summed E-state index contributed by atoms with van der Waals surface area (Å²) in [6, 6.07) is 5.88. The van der Waals surface area contributed by atoms with Gasteiger partial charge in [0.15, 0.2) is 5.82 Å². The number of hydrogen-bond donors (Lipinski definition) is 1. The number of benzene rings is 1. The van der Waals surface area contributed by atoms with E-state index in [-0.39, 0.29) is 0 Å². The Morgan fingerprint density at radius 3 is 2.94 bits per heavy atom. The fourth-order valence-corrected chi connectivity index (χ4v) is 2.23. The van der Waals surface area contributed by atoms with E-state index in [0.717, 1.165) is 15.5 Å². The summed E-state index contributed by atoms with van der Waals surface area (Å²) in [5.74, 6) is 1.18. The van der Waals surface area contributed by atoms with Crippen molar-refractivity contribution < 1.29 is 0 Å². The molecule has 0 fully saturated rings. The summed E-state index contributed by atoms with van der Waals surface area (Å²) in [6.45, 7) is 0.519. The topological polar surface area (TPSA) is 74.5 Å². The first-order valence-electron chi connectivity index (χ1n) is 5.39. The van der Waals surface area contributed by atoms with Gasteiger partial charge in [-0.15, -0.1) is 0 Å². The van der Waals surface area contributed by atoms with E-state index in [1.54, 1.807) is 11.0 Å². The molecule has 0 aliphatic rings. The number of nitrogens with zero attached hydrogens (tertiary/aromatic N) is 5. The van der Waals surface area contributed by atoms with Gasteiger partial charge in [0.05, 0.1) is 17.6 Å². The molecule has 0 aliphatic carbocycles. The highest BCUT2D eigenvalue weighted by Gasteiger charge is 2.10. The Bertz CT molecular complexity index is 713. The minimum absolute atomic E-state index is 0.468. The van der Waals surface area contributed by atoms with Gasteiger partial charge in [0.2, 0.25) is 5.95 Å². The summed E-state index contributed by atoms with van der Waals surface area (Å²) in [5.41, 5.74) is 7.77. The minimum Gasteiger partial charge on any atom is -0.369 e. The van der Waals surface area contributed by atoms with E-state index in [1.165, 1.54) is 0 Å². The molecule has 0 radical (unpaired) electrons. The Kier molecular flexibility index (Phi) is 2.55. The first kappa shape index (κ1) is 11.2. The molecule has 18 heavy (non-hydrogen) atoms. The second-order valence-electron chi connectivity index (χ2n) is 4.02. The summed E-state index contributed by atoms with van der Waals surface area (Å²) < 4.78 is 4.55. The molecule has 0 amide bonds. The van der Waals surface area contributed by atoms with E-state index in [1.807, 2.05) is 29.8 Å². The quantitative estimate of drug-likeness (QED) is 0.779. The number of anilines is 1. The lowest BCUT2D eigenvalue weighted by atomic mass is 10.3. The molecule has 1 aromatic carbocycles. The largest absolute Gasteiger partial charge is 0.369 e. The van der Waals surface area contributed by atoms with Gasteiger partial charge in [0.1, 0.15) is 6.33 Å². The number of hydrogen-bond acceptors (Lipinski definition) is 4. The first-order chi connectivity index (χ1) is 8.63. The molecule has 0 spiro atoms. The number of fused-ring (bicyclic) bond motifs is 1. The van der Waals surface area contributed by atoms with Crippen LogP contribution in [0.5, 0.6) is 0 Å². The third kappa shape index (κ3) is 1.86. The van der Waals surface area contributed by atoms with E-state index in [0.29, 0.717) is 18.3 Å². The van der Waals surface area contributed by atoms with Crippen molar-refractivity contribution in [3.05, 3.63) is 34.8 Å². The zero-order valence-electron chi connectivity index (χ0n) is 9.71. The van der Waals surface area contributed by atoms with Crippen LogP contribution < -0.4 is 5.73 Å². The third-order valence-electron chi connectivity index (χ3n) is 2.69. The van der Waals surface area contributed by atoms with Gasteiger partial charge >= 0.3 is 0 Å². The smallest absolute Gasteiger partial charge is 0.201 e. The summed E-state index contributed by atoms with van der Waals surface area (Å²) >= 11 is 3.42. The molecule has 6 nitrogen and oxygen atoms in total. The maximum Gasteiger partial charge on any atom is 0.201 e. The lowest BCUT2D eigenvalue weighted by Gasteiger charge is -2.02. The Balaban J connectivity index is 2.08. The molecule has 2 N–H and O–H groups in total. The average Bonchev–Trinajstić information content (AvgIpc) is 2.84. The molecule has 2 heterocycles. The fraction of sp³-hybridized carbons (Fsp3) is 0.182. The monoisotopic (exact) mass is 306 g/mol. The van der Waals surface area contributed by atoms with Crippen LogP contribution in [-0.4, -0.2) is 24.3 Å². The van der Waals surface area contributed by atoms with E-state index >= 15 is 0 Å². The predicted octanol–water partition coefficient (Wildman–Crippen LogP) is 1.56. The van der Waals surface area contributed by atoms with E-state index in [4.69, 9.17) is 5.73 Å². The average molecular weight is 307 g/mol. The second kappa shape index (κ2) is 4.09. The van der Waals surface area contributed by atoms with E-state index in [9.17, 15) is 0 Å². The maximum absolute atomic E-state index is 5.93. The molecule has 0 saturated heterocycles. The van der Waals surface area contributed by atoms with Gasteiger partial charge in [-0.3, -0.25) is 4.68 Å². The van der Waals surface area contributed by atoms with Crippen molar-refractivity contribution in [2.24, 2.45) is 7.05 Å². The lowest BCUT2D eigenvalue weighted by molar-refractivity contribution is 0.715. The zero-order valence-corrected chi connectivity index (χ0v) is 11.3. The number of imidazole rings is 1. The predicted molar refractivity (Wildman–Crippen MR) is 72.0 cm³/mol. The highest BCUT2D eigenvalue weighted by atomic mass is 79.9. The van der Waals surface area contributed by atoms with Gasteiger partial charge in [-0.1, -0.05) is 15.9 Å². The highest BCUT2D eigenvalue weighted by Crippen LogP contribution is 2.22. The van der Waals surface area contributed by atoms with E-state index in [2.05, 4.69) is 31.0 Å². The first-order valence-corrected chi connectivity index (χ1v) is 6.18. The molecular formula is C11H11BrN6. The van der Waals surface area contributed by atoms with Crippen LogP contribution in [0.15, 0.2) is 29.0 Å². The molecule has 3 rings (SSSR count). The van der Waals surface area contributed by atoms with Crippen molar-refractivity contribution >= 4 is 32.9 Å². The van der Waals surface area contributed by atoms with Crippen LogP contribution in [0.1, 0.15) is 5.82 Å². The van der Waals surface area contributed by atoms with Crippen molar-refractivity contribution in [3.8, 4) is 0 Å². The molecule has 0 unspecified atom stereocenters. The maximum atomic E-state index is 5.93. The van der Waals surface area contributed by atoms with Gasteiger partial charge < -0.3 is 10.3 Å². The Morgan fingerprint density at radius 1 is 1.39 bits per heavy atom. The number of halogens is 1. The summed E-state index contributed by atoms with van der Waals surface area (Å²) in [6.07, 6.45) is 1.67. The van der Waals surface area contributed by atoms with Crippen molar-refractivity contribution in [2.75, 3.05) is 5.73 Å². The molecule has 92 valence electrons. The van der Waals surface area contributed by atoms with Gasteiger partial charge in [-0.05, 0) is 18.2 Å². The van der Waals surface area contributed by atoms with Crippen molar-refractivity contribution in [2.45, 2.75) is 6.54 Å². The van der Waals surface area contributed by atoms with Crippen LogP contribution in [0.2, 0.25) is 0 Å². The molecule has 7 heteroatoms. The molecule has 0 aliphatic heterocycles. The fourth-order valence-electron chi connectivity index (χ4n) is 1.89. The van der Waals surface area contributed by atoms with Crippen LogP contribution in [0.4, 0.5) is 5.95 Å². The van der Waals surface area contributed by atoms with Crippen LogP contribution in [0, 0.1) is 0 Å². The zero-order chi connectivity index (χ0) is 12.7. The molecule has 0 bridgehead atoms. The standard InChI is InChI=1S/C11H11BrN6/c1-17-6-14-10(16-17)5-18-9-3-2-7(12)4-8(9)15-11(18)13/h2-4,6H,5H2,1H3,(H2,13,15). The van der Waals surface area contributed by atoms with Crippen LogP contribution in [-0.2, 0) is 13.6 Å². The number of aryl methyl sites for hydroxylation is 1. The van der Waals surface area contributed by atoms with Gasteiger partial charge in [-0.2, -0.15) is 5.10 Å². The molecule has 0 saturated carbocycles. The SMILES string of the molecule is Cn1cnc(Cn2c(N)nc3cc(Br)ccc32)n1. The van der Waals surface area contributed by atoms with Gasteiger partial charge in [0.25, 0.3) is 0 Å². The number of rotatable bonds is 2. The number of aromatic nitrogens is 5. The normalized spacial score (nSPS) is 11.2. The second-order valence-corrected chi connectivity index (χ2v) is 4.94. The third-order valence-corrected chi connectivity index (χ3v) is 3.18. The summed E-state index contributed by atoms with van der Waals surface area (Å²) in [5, 5.41) is 4.24. The van der Waals surface area contributed by atoms with Crippen molar-refractivity contribution in [3.63, 3.8) is 0 Å². The molecule has 3 aromatic rings. The van der Waals surface area contributed by atoms with Crippen molar-refractivity contribution in [1.29, 1.82) is 0 Å².